The molecule has 0 aromatic rings. The molecule has 1 saturated carbocycles. The lowest BCUT2D eigenvalue weighted by Gasteiger charge is -2.21. The minimum atomic E-state index is 0. The lowest BCUT2D eigenvalue weighted by molar-refractivity contribution is -0.121. The highest BCUT2D eigenvalue weighted by molar-refractivity contribution is 5.85. The number of rotatable bonds is 7. The third-order valence-corrected chi connectivity index (χ3v) is 3.44. The van der Waals surface area contributed by atoms with Crippen LogP contribution in [0.4, 0.5) is 0 Å². The van der Waals surface area contributed by atoms with Gasteiger partial charge in [0.15, 0.2) is 0 Å². The van der Waals surface area contributed by atoms with E-state index in [1.807, 2.05) is 7.05 Å². The number of carbonyl (C=O) groups excluding carboxylic acids is 1. The molecular formula is C13H27ClN2O. The van der Waals surface area contributed by atoms with Crippen LogP contribution in [0.5, 0.6) is 0 Å². The summed E-state index contributed by atoms with van der Waals surface area (Å²) in [6.45, 7) is 1.60. The van der Waals surface area contributed by atoms with Crippen LogP contribution in [-0.4, -0.2) is 26.0 Å². The van der Waals surface area contributed by atoms with Gasteiger partial charge < -0.3 is 10.6 Å². The molecule has 0 radical (unpaired) electrons. The Hall–Kier alpha value is -0.280. The SMILES string of the molecule is CNCCNC(=O)CCCC1CCCCC1.Cl. The van der Waals surface area contributed by atoms with Crippen molar-refractivity contribution in [2.24, 2.45) is 5.92 Å². The fourth-order valence-corrected chi connectivity index (χ4v) is 2.44. The molecule has 0 bridgehead atoms. The molecule has 1 fully saturated rings. The van der Waals surface area contributed by atoms with Crippen molar-refractivity contribution in [1.29, 1.82) is 0 Å². The maximum absolute atomic E-state index is 11.4. The molecule has 1 amide bonds. The molecule has 0 spiro atoms. The van der Waals surface area contributed by atoms with Gasteiger partial charge in [-0.15, -0.1) is 12.4 Å². The zero-order valence-corrected chi connectivity index (χ0v) is 11.8. The second-order valence-corrected chi connectivity index (χ2v) is 4.85. The van der Waals surface area contributed by atoms with Gasteiger partial charge in [-0.3, -0.25) is 4.79 Å². The van der Waals surface area contributed by atoms with Crippen molar-refractivity contribution < 1.29 is 4.79 Å². The minimum absolute atomic E-state index is 0. The van der Waals surface area contributed by atoms with E-state index in [0.717, 1.165) is 25.4 Å². The number of hydrogen-bond acceptors (Lipinski definition) is 2. The summed E-state index contributed by atoms with van der Waals surface area (Å²) >= 11 is 0. The Morgan fingerprint density at radius 3 is 2.53 bits per heavy atom. The van der Waals surface area contributed by atoms with Crippen LogP contribution in [0.2, 0.25) is 0 Å². The van der Waals surface area contributed by atoms with Crippen LogP contribution in [0.3, 0.4) is 0 Å². The summed E-state index contributed by atoms with van der Waals surface area (Å²) in [4.78, 5) is 11.4. The van der Waals surface area contributed by atoms with Gasteiger partial charge in [-0.1, -0.05) is 32.1 Å². The molecule has 102 valence electrons. The average Bonchev–Trinajstić information content (AvgIpc) is 2.31. The third-order valence-electron chi connectivity index (χ3n) is 3.44. The molecule has 0 aromatic carbocycles. The lowest BCUT2D eigenvalue weighted by Crippen LogP contribution is -2.30. The first-order chi connectivity index (χ1) is 7.83. The van der Waals surface area contributed by atoms with Gasteiger partial charge in [-0.2, -0.15) is 0 Å². The summed E-state index contributed by atoms with van der Waals surface area (Å²) in [6, 6.07) is 0. The van der Waals surface area contributed by atoms with Gasteiger partial charge in [-0.25, -0.2) is 0 Å². The molecule has 0 aromatic heterocycles. The van der Waals surface area contributed by atoms with Gasteiger partial charge in [0.2, 0.25) is 5.91 Å². The zero-order valence-electron chi connectivity index (χ0n) is 11.0. The first-order valence-corrected chi connectivity index (χ1v) is 6.74. The van der Waals surface area contributed by atoms with E-state index in [-0.39, 0.29) is 18.3 Å². The van der Waals surface area contributed by atoms with Gasteiger partial charge in [0.25, 0.3) is 0 Å². The van der Waals surface area contributed by atoms with Gasteiger partial charge >= 0.3 is 0 Å². The van der Waals surface area contributed by atoms with E-state index in [1.165, 1.54) is 38.5 Å². The van der Waals surface area contributed by atoms with Crippen molar-refractivity contribution in [1.82, 2.24) is 10.6 Å². The van der Waals surface area contributed by atoms with Crippen molar-refractivity contribution in [3.05, 3.63) is 0 Å². The monoisotopic (exact) mass is 262 g/mol. The van der Waals surface area contributed by atoms with E-state index in [0.29, 0.717) is 6.42 Å². The summed E-state index contributed by atoms with van der Waals surface area (Å²) in [6.07, 6.45) is 10.0. The Morgan fingerprint density at radius 2 is 1.88 bits per heavy atom. The Kier molecular flexibility index (Phi) is 10.7. The molecule has 3 nitrogen and oxygen atoms in total. The standard InChI is InChI=1S/C13H26N2O.ClH/c1-14-10-11-15-13(16)9-5-8-12-6-3-2-4-7-12;/h12,14H,2-11H2,1H3,(H,15,16);1H. The smallest absolute Gasteiger partial charge is 0.220 e. The van der Waals surface area contributed by atoms with Crippen LogP contribution in [0.25, 0.3) is 0 Å². The van der Waals surface area contributed by atoms with Gasteiger partial charge in [-0.05, 0) is 25.8 Å². The van der Waals surface area contributed by atoms with E-state index in [2.05, 4.69) is 10.6 Å². The number of carbonyl (C=O) groups is 1. The second-order valence-electron chi connectivity index (χ2n) is 4.85. The summed E-state index contributed by atoms with van der Waals surface area (Å²) in [7, 11) is 1.90. The van der Waals surface area contributed by atoms with Crippen molar-refractivity contribution in [3.63, 3.8) is 0 Å². The normalized spacial score (nSPS) is 16.3. The zero-order chi connectivity index (χ0) is 11.6. The maximum atomic E-state index is 11.4. The molecule has 4 heteroatoms. The van der Waals surface area contributed by atoms with Crippen molar-refractivity contribution in [2.45, 2.75) is 51.4 Å². The second kappa shape index (κ2) is 10.8. The molecule has 17 heavy (non-hydrogen) atoms. The van der Waals surface area contributed by atoms with E-state index in [9.17, 15) is 4.79 Å². The Labute approximate surface area is 112 Å². The van der Waals surface area contributed by atoms with E-state index in [4.69, 9.17) is 0 Å². The van der Waals surface area contributed by atoms with Crippen molar-refractivity contribution in [2.75, 3.05) is 20.1 Å². The number of nitrogens with one attached hydrogen (secondary N) is 2. The molecule has 0 heterocycles. The fourth-order valence-electron chi connectivity index (χ4n) is 2.44. The van der Waals surface area contributed by atoms with Crippen LogP contribution in [0.15, 0.2) is 0 Å². The van der Waals surface area contributed by atoms with Gasteiger partial charge in [0.1, 0.15) is 0 Å². The quantitative estimate of drug-likeness (QED) is 0.692. The minimum Gasteiger partial charge on any atom is -0.355 e. The summed E-state index contributed by atoms with van der Waals surface area (Å²) in [5, 5.41) is 5.94. The third kappa shape index (κ3) is 8.44. The first-order valence-electron chi connectivity index (χ1n) is 6.74. The van der Waals surface area contributed by atoms with Gasteiger partial charge in [0, 0.05) is 19.5 Å². The predicted molar refractivity (Wildman–Crippen MR) is 74.6 cm³/mol. The van der Waals surface area contributed by atoms with E-state index >= 15 is 0 Å². The van der Waals surface area contributed by atoms with Crippen molar-refractivity contribution >= 4 is 18.3 Å². The molecule has 0 unspecified atom stereocenters. The summed E-state index contributed by atoms with van der Waals surface area (Å²) in [5.74, 6) is 1.12. The molecule has 1 rings (SSSR count). The number of likely N-dealkylation sites (N-methyl/N-ethyl adjacent to an activating group) is 1. The van der Waals surface area contributed by atoms with Crippen LogP contribution in [-0.2, 0) is 4.79 Å². The fraction of sp³-hybridized carbons (Fsp3) is 0.923. The van der Waals surface area contributed by atoms with Crippen LogP contribution < -0.4 is 10.6 Å². The molecule has 1 aliphatic carbocycles. The van der Waals surface area contributed by atoms with Crippen LogP contribution in [0.1, 0.15) is 51.4 Å². The predicted octanol–water partition coefficient (Wildman–Crippen LogP) is 2.49. The number of hydrogen-bond donors (Lipinski definition) is 2. The Morgan fingerprint density at radius 1 is 1.18 bits per heavy atom. The first kappa shape index (κ1) is 16.7. The van der Waals surface area contributed by atoms with E-state index in [1.54, 1.807) is 0 Å². The van der Waals surface area contributed by atoms with Crippen LogP contribution >= 0.6 is 12.4 Å². The number of halogens is 1. The maximum Gasteiger partial charge on any atom is 0.220 e. The summed E-state index contributed by atoms with van der Waals surface area (Å²) in [5.41, 5.74) is 0. The lowest BCUT2D eigenvalue weighted by atomic mass is 9.86. The van der Waals surface area contributed by atoms with Crippen LogP contribution in [0, 0.1) is 5.92 Å². The van der Waals surface area contributed by atoms with Crippen molar-refractivity contribution in [3.8, 4) is 0 Å². The molecule has 1 aliphatic rings. The largest absolute Gasteiger partial charge is 0.355 e. The van der Waals surface area contributed by atoms with E-state index < -0.39 is 0 Å². The highest BCUT2D eigenvalue weighted by atomic mass is 35.5. The molecule has 0 atom stereocenters. The average molecular weight is 263 g/mol. The number of amides is 1. The highest BCUT2D eigenvalue weighted by Gasteiger charge is 2.13. The molecule has 2 N–H and O–H groups in total. The Bertz CT molecular complexity index is 194. The van der Waals surface area contributed by atoms with Gasteiger partial charge in [0.05, 0.1) is 0 Å². The molecule has 0 aliphatic heterocycles. The molecular weight excluding hydrogens is 236 g/mol. The Balaban J connectivity index is 0.00000256. The highest BCUT2D eigenvalue weighted by Crippen LogP contribution is 2.27. The topological polar surface area (TPSA) is 41.1 Å². The summed E-state index contributed by atoms with van der Waals surface area (Å²) < 4.78 is 0. The molecule has 0 saturated heterocycles.